The van der Waals surface area contributed by atoms with E-state index in [1.807, 2.05) is 6.07 Å². The van der Waals surface area contributed by atoms with Gasteiger partial charge in [-0.2, -0.15) is 0 Å². The summed E-state index contributed by atoms with van der Waals surface area (Å²) in [5, 5.41) is 16.9. The van der Waals surface area contributed by atoms with E-state index >= 15 is 0 Å². The second-order valence-electron chi connectivity index (χ2n) is 9.54. The predicted octanol–water partition coefficient (Wildman–Crippen LogP) is 1.26. The van der Waals surface area contributed by atoms with Crippen LogP contribution in [-0.2, 0) is 14.3 Å². The molecule has 4 N–H and O–H groups in total. The minimum absolute atomic E-state index is 0. The van der Waals surface area contributed by atoms with Gasteiger partial charge in [0.2, 0.25) is 5.91 Å². The third kappa shape index (κ3) is 7.61. The number of nitrogens with two attached hydrogens (primary N) is 1. The number of rotatable bonds is 6. The molecule has 1 aliphatic carbocycles. The third-order valence-corrected chi connectivity index (χ3v) is 7.33. The zero-order valence-electron chi connectivity index (χ0n) is 21.3. The van der Waals surface area contributed by atoms with Crippen LogP contribution in [-0.4, -0.2) is 114 Å². The van der Waals surface area contributed by atoms with Crippen LogP contribution >= 0.6 is 24.8 Å². The number of aliphatic carboxylic acids is 1. The molecule has 14 heteroatoms. The second-order valence-corrected chi connectivity index (χ2v) is 9.54. The molecule has 0 bridgehead atoms. The molecule has 0 atom stereocenters. The van der Waals surface area contributed by atoms with E-state index in [9.17, 15) is 19.5 Å². The summed E-state index contributed by atoms with van der Waals surface area (Å²) in [5.74, 6) is -0.553. The number of carbonyl (C=O) groups is 3. The van der Waals surface area contributed by atoms with Crippen LogP contribution in [0.3, 0.4) is 0 Å². The van der Waals surface area contributed by atoms with E-state index in [0.29, 0.717) is 83.7 Å². The number of nitrogens with zero attached hydrogens (tertiary/aromatic N) is 5. The molecule has 1 aromatic rings. The summed E-state index contributed by atoms with van der Waals surface area (Å²) in [6.07, 6.45) is 3.73. The highest BCUT2D eigenvalue weighted by atomic mass is 35.5. The Kier molecular flexibility index (Phi) is 11.9. The number of carboxylic acids is 1. The maximum Gasteiger partial charge on any atom is 0.320 e. The van der Waals surface area contributed by atoms with E-state index in [-0.39, 0.29) is 55.2 Å². The van der Waals surface area contributed by atoms with Crippen molar-refractivity contribution in [2.24, 2.45) is 11.7 Å². The minimum atomic E-state index is -0.795. The van der Waals surface area contributed by atoms with E-state index in [1.54, 1.807) is 27.0 Å². The van der Waals surface area contributed by atoms with Gasteiger partial charge < -0.3 is 35.2 Å². The molecule has 0 aromatic carbocycles. The molecule has 2 aliphatic heterocycles. The molecule has 38 heavy (non-hydrogen) atoms. The molecule has 2 saturated heterocycles. The summed E-state index contributed by atoms with van der Waals surface area (Å²) in [6, 6.07) is 3.25. The zero-order valence-corrected chi connectivity index (χ0v) is 22.9. The van der Waals surface area contributed by atoms with Crippen LogP contribution in [0.5, 0.6) is 0 Å². The first kappa shape index (κ1) is 31.4. The van der Waals surface area contributed by atoms with Gasteiger partial charge in [-0.05, 0) is 37.8 Å². The third-order valence-electron chi connectivity index (χ3n) is 7.33. The van der Waals surface area contributed by atoms with Crippen LogP contribution in [0.15, 0.2) is 18.3 Å². The zero-order chi connectivity index (χ0) is 25.7. The quantitative estimate of drug-likeness (QED) is 0.339. The number of aromatic nitrogens is 1. The maximum absolute atomic E-state index is 13.7. The number of nitrogen functional groups attached to an aromatic ring is 1. The van der Waals surface area contributed by atoms with Crippen molar-refractivity contribution in [2.75, 3.05) is 63.9 Å². The number of piperazine rings is 1. The Bertz CT molecular complexity index is 961. The number of nitrogens with one attached hydrogen (secondary N) is 1. The molecule has 3 fully saturated rings. The molecule has 4 rings (SSSR count). The number of halogens is 2. The molecule has 0 spiro atoms. The molecule has 0 radical (unpaired) electrons. The number of urea groups is 1. The largest absolute Gasteiger partial charge is 0.481 e. The molecule has 12 nitrogen and oxygen atoms in total. The number of pyridine rings is 1. The number of amidine groups is 1. The fourth-order valence-electron chi connectivity index (χ4n) is 5.09. The van der Waals surface area contributed by atoms with E-state index < -0.39 is 11.9 Å². The molecule has 212 valence electrons. The second kappa shape index (κ2) is 14.4. The Balaban J connectivity index is 0.00000253. The minimum Gasteiger partial charge on any atom is -0.481 e. The van der Waals surface area contributed by atoms with Crippen LogP contribution in [0.4, 0.5) is 10.6 Å². The molecular formula is C24H37Cl2N7O5. The van der Waals surface area contributed by atoms with Crippen LogP contribution in [0.25, 0.3) is 0 Å². The topological polar surface area (TPSA) is 156 Å². The number of hydrogen-bond acceptors (Lipinski definition) is 7. The van der Waals surface area contributed by atoms with Gasteiger partial charge in [-0.25, -0.2) is 9.78 Å². The average molecular weight is 575 g/mol. The fraction of sp³-hybridized carbons (Fsp3) is 0.625. The van der Waals surface area contributed by atoms with Gasteiger partial charge in [0.25, 0.3) is 0 Å². The van der Waals surface area contributed by atoms with Gasteiger partial charge in [0, 0.05) is 57.1 Å². The van der Waals surface area contributed by atoms with Crippen molar-refractivity contribution in [3.63, 3.8) is 0 Å². The number of ether oxygens (including phenoxy) is 1. The van der Waals surface area contributed by atoms with Crippen molar-refractivity contribution in [1.29, 1.82) is 5.41 Å². The molecule has 3 heterocycles. The molecule has 0 unspecified atom stereocenters. The fourth-order valence-corrected chi connectivity index (χ4v) is 5.09. The van der Waals surface area contributed by atoms with Crippen molar-refractivity contribution in [1.82, 2.24) is 19.7 Å². The smallest absolute Gasteiger partial charge is 0.320 e. The van der Waals surface area contributed by atoms with Crippen LogP contribution in [0.1, 0.15) is 31.2 Å². The lowest BCUT2D eigenvalue weighted by Crippen LogP contribution is -2.58. The molecule has 1 aromatic heterocycles. The summed E-state index contributed by atoms with van der Waals surface area (Å²) < 4.78 is 5.35. The molecule has 1 saturated carbocycles. The van der Waals surface area contributed by atoms with E-state index in [1.165, 1.54) is 0 Å². The summed E-state index contributed by atoms with van der Waals surface area (Å²) in [6.45, 7) is 4.17. The van der Waals surface area contributed by atoms with Crippen molar-refractivity contribution in [3.8, 4) is 0 Å². The first-order chi connectivity index (χ1) is 17.3. The summed E-state index contributed by atoms with van der Waals surface area (Å²) >= 11 is 0. The monoisotopic (exact) mass is 573 g/mol. The normalized spacial score (nSPS) is 21.5. The van der Waals surface area contributed by atoms with Gasteiger partial charge in [0.1, 0.15) is 18.2 Å². The van der Waals surface area contributed by atoms with Crippen molar-refractivity contribution < 1.29 is 24.2 Å². The van der Waals surface area contributed by atoms with E-state index in [4.69, 9.17) is 15.9 Å². The highest BCUT2D eigenvalue weighted by Gasteiger charge is 2.36. The summed E-state index contributed by atoms with van der Waals surface area (Å²) in [4.78, 5) is 49.8. The van der Waals surface area contributed by atoms with Gasteiger partial charge >= 0.3 is 12.0 Å². The lowest BCUT2D eigenvalue weighted by atomic mass is 9.85. The number of carboxylic acid groups (broad SMARTS) is 1. The highest BCUT2D eigenvalue weighted by Crippen LogP contribution is 2.29. The van der Waals surface area contributed by atoms with Crippen LogP contribution < -0.4 is 10.6 Å². The lowest BCUT2D eigenvalue weighted by molar-refractivity contribution is -0.143. The number of amides is 3. The highest BCUT2D eigenvalue weighted by molar-refractivity contribution is 5.94. The lowest BCUT2D eigenvalue weighted by Gasteiger charge is -2.42. The van der Waals surface area contributed by atoms with Crippen LogP contribution in [0, 0.1) is 11.3 Å². The summed E-state index contributed by atoms with van der Waals surface area (Å²) in [5.41, 5.74) is 6.07. The Morgan fingerprint density at radius 1 is 1.00 bits per heavy atom. The van der Waals surface area contributed by atoms with E-state index in [2.05, 4.69) is 9.88 Å². The standard InChI is InChI=1S/C24H35N7O5.2ClH/c25-22(26)18-3-6-20(27-15-18)28-7-9-30(10-8-28)24(35)31(16-21(32)29-11-13-36-14-12-29)19-4-1-17(2-5-19)23(33)34;;/h3,6,15,17,19H,1-2,4-5,7-14,16H2,(H3,25,26)(H,33,34);2*1H/t17-,19-;;. The Morgan fingerprint density at radius 2 is 1.63 bits per heavy atom. The molecule has 3 aliphatic rings. The van der Waals surface area contributed by atoms with Gasteiger partial charge in [0.15, 0.2) is 0 Å². The Morgan fingerprint density at radius 3 is 2.16 bits per heavy atom. The Labute approximate surface area is 234 Å². The van der Waals surface area contributed by atoms with Gasteiger partial charge in [-0.15, -0.1) is 24.8 Å². The van der Waals surface area contributed by atoms with Gasteiger partial charge in [-0.3, -0.25) is 15.0 Å². The van der Waals surface area contributed by atoms with E-state index in [0.717, 1.165) is 5.82 Å². The summed E-state index contributed by atoms with van der Waals surface area (Å²) in [7, 11) is 0. The first-order valence-corrected chi connectivity index (χ1v) is 12.5. The van der Waals surface area contributed by atoms with Gasteiger partial charge in [-0.1, -0.05) is 0 Å². The van der Waals surface area contributed by atoms with Crippen molar-refractivity contribution in [3.05, 3.63) is 23.9 Å². The average Bonchev–Trinajstić information content (AvgIpc) is 2.92. The van der Waals surface area contributed by atoms with Crippen molar-refractivity contribution >= 4 is 54.4 Å². The van der Waals surface area contributed by atoms with Gasteiger partial charge in [0.05, 0.1) is 19.1 Å². The Hall–Kier alpha value is -2.83. The molecule has 3 amide bonds. The SMILES string of the molecule is Cl.Cl.N=C(N)c1ccc(N2CCN(C(=O)N(CC(=O)N3CCOCC3)[C@H]3CC[C@H](C(=O)O)CC3)CC2)nc1. The molecular weight excluding hydrogens is 537 g/mol. The number of morpholine rings is 1. The van der Waals surface area contributed by atoms with Crippen LogP contribution in [0.2, 0.25) is 0 Å². The maximum atomic E-state index is 13.7. The van der Waals surface area contributed by atoms with Crippen molar-refractivity contribution in [2.45, 2.75) is 31.7 Å². The number of anilines is 1. The predicted molar refractivity (Wildman–Crippen MR) is 146 cm³/mol. The first-order valence-electron chi connectivity index (χ1n) is 12.5. The number of carbonyl (C=O) groups excluding carboxylic acids is 2. The number of hydrogen-bond donors (Lipinski definition) is 3.